The van der Waals surface area contributed by atoms with Gasteiger partial charge < -0.3 is 33.8 Å². The van der Waals surface area contributed by atoms with Crippen LogP contribution in [0.5, 0.6) is 0 Å². The predicted molar refractivity (Wildman–Crippen MR) is 409 cm³/mol. The molecule has 0 aromatic heterocycles. The van der Waals surface area contributed by atoms with E-state index in [1.54, 1.807) is 0 Å². The lowest BCUT2D eigenvalue weighted by atomic mass is 10.0. The molecule has 0 aliphatic carbocycles. The standard InChI is InChI=1S/C81H142O17P2/c1-5-9-13-17-21-25-29-33-35-36-37-38-40-44-46-50-54-58-62-66-79(84)92-72-77(98-81(86)68-64-60-56-52-48-42-32-28-24-20-16-12-8-4)74-96-100(89,90)94-70-75(82)69-93-99(87,88)95-73-76(97-80(85)67-63-59-55-51-47-41-31-27-23-19-15-11-7-3)71-91-78(83)65-61-57-53-49-45-43-39-34-30-26-22-18-14-10-6-2/h9,13,15-16,19-21,25,27-28,31-33,35,37-38,75-77,82H,5-8,10-12,14,17-18,22-24,26,29-30,34,36,39-74H2,1-4H3,(H,87,88)(H,89,90)/b13-9-,19-15-,20-16-,25-21-,31-27-,32-28-,35-33-,38-37-. The topological polar surface area (TPSA) is 237 Å². The number of carbonyl (C=O) groups is 4. The van der Waals surface area contributed by atoms with Crippen molar-refractivity contribution in [3.05, 3.63) is 97.2 Å². The van der Waals surface area contributed by atoms with Gasteiger partial charge in [-0.1, -0.05) is 292 Å². The van der Waals surface area contributed by atoms with E-state index in [1.165, 1.54) is 70.6 Å². The van der Waals surface area contributed by atoms with Crippen molar-refractivity contribution in [1.29, 1.82) is 0 Å². The Hall–Kier alpha value is -4.02. The Bertz CT molecular complexity index is 2270. The SMILES string of the molecule is CC/C=C\C/C=C\C/C=C\C/C=C\CCCCCCCCC(=O)OCC(COP(=O)(O)OCC(O)COP(=O)(O)OCC(COC(=O)CCCCCCCCCCCCCCCCC)OC(=O)CCCCCCC/C=C\C/C=C\CCC)OC(=O)CCCCCCC/C=C\C/C=C\CCC. The van der Waals surface area contributed by atoms with Gasteiger partial charge in [0.25, 0.3) is 0 Å². The van der Waals surface area contributed by atoms with E-state index < -0.39 is 97.5 Å². The minimum Gasteiger partial charge on any atom is -0.462 e. The molecule has 0 amide bonds. The van der Waals surface area contributed by atoms with Gasteiger partial charge in [0.1, 0.15) is 19.3 Å². The fourth-order valence-electron chi connectivity index (χ4n) is 10.5. The highest BCUT2D eigenvalue weighted by molar-refractivity contribution is 7.47. The summed E-state index contributed by atoms with van der Waals surface area (Å²) < 4.78 is 68.5. The minimum absolute atomic E-state index is 0.0750. The van der Waals surface area contributed by atoms with Crippen LogP contribution in [0.3, 0.4) is 0 Å². The van der Waals surface area contributed by atoms with Gasteiger partial charge in [-0.3, -0.25) is 37.3 Å². The molecule has 0 fully saturated rings. The second-order valence-corrected chi connectivity index (χ2v) is 29.2. The highest BCUT2D eigenvalue weighted by atomic mass is 31.2. The minimum atomic E-state index is -4.98. The Kier molecular flexibility index (Phi) is 70.4. The zero-order valence-corrected chi connectivity index (χ0v) is 64.9. The van der Waals surface area contributed by atoms with E-state index in [-0.39, 0.29) is 25.7 Å². The lowest BCUT2D eigenvalue weighted by molar-refractivity contribution is -0.161. The summed E-state index contributed by atoms with van der Waals surface area (Å²) in [5.41, 5.74) is 0. The molecule has 0 aliphatic heterocycles. The van der Waals surface area contributed by atoms with Crippen molar-refractivity contribution in [3.8, 4) is 0 Å². The molecule has 3 N–H and O–H groups in total. The van der Waals surface area contributed by atoms with Crippen LogP contribution in [0.15, 0.2) is 97.2 Å². The molecule has 5 unspecified atom stereocenters. The Morgan fingerprint density at radius 2 is 0.540 bits per heavy atom. The predicted octanol–water partition coefficient (Wildman–Crippen LogP) is 22.8. The number of phosphoric ester groups is 2. The summed E-state index contributed by atoms with van der Waals surface area (Å²) >= 11 is 0. The third-order valence-corrected chi connectivity index (χ3v) is 18.4. The molecule has 0 saturated carbocycles. The molecule has 0 aromatic rings. The van der Waals surface area contributed by atoms with Crippen molar-refractivity contribution in [2.24, 2.45) is 0 Å². The van der Waals surface area contributed by atoms with E-state index in [1.807, 2.05) is 0 Å². The first-order valence-electron chi connectivity index (χ1n) is 39.5. The van der Waals surface area contributed by atoms with Crippen molar-refractivity contribution in [1.82, 2.24) is 0 Å². The smallest absolute Gasteiger partial charge is 0.462 e. The number of ether oxygens (including phenoxy) is 4. The molecule has 578 valence electrons. The largest absolute Gasteiger partial charge is 0.472 e. The lowest BCUT2D eigenvalue weighted by Gasteiger charge is -2.21. The second kappa shape index (κ2) is 73.3. The highest BCUT2D eigenvalue weighted by Crippen LogP contribution is 2.45. The molecule has 0 spiro atoms. The molecule has 17 nitrogen and oxygen atoms in total. The van der Waals surface area contributed by atoms with E-state index in [2.05, 4.69) is 125 Å². The number of allylic oxidation sites excluding steroid dienone is 16. The number of aliphatic hydroxyl groups excluding tert-OH is 1. The molecular weight excluding hydrogens is 1310 g/mol. The van der Waals surface area contributed by atoms with Crippen molar-refractivity contribution >= 4 is 39.5 Å². The zero-order valence-electron chi connectivity index (χ0n) is 63.1. The van der Waals surface area contributed by atoms with Gasteiger partial charge >= 0.3 is 39.5 Å². The molecule has 19 heteroatoms. The molecule has 0 aromatic carbocycles. The zero-order chi connectivity index (χ0) is 73.2. The van der Waals surface area contributed by atoms with E-state index in [0.29, 0.717) is 25.7 Å². The maximum Gasteiger partial charge on any atom is 0.472 e. The molecule has 0 aliphatic rings. The molecule has 0 bridgehead atoms. The monoisotopic (exact) mass is 1450 g/mol. The van der Waals surface area contributed by atoms with Gasteiger partial charge in [-0.2, -0.15) is 0 Å². The van der Waals surface area contributed by atoms with Gasteiger partial charge in [0, 0.05) is 25.7 Å². The van der Waals surface area contributed by atoms with Crippen LogP contribution in [0.1, 0.15) is 336 Å². The van der Waals surface area contributed by atoms with Crippen LogP contribution in [0.2, 0.25) is 0 Å². The van der Waals surface area contributed by atoms with Crippen LogP contribution in [-0.4, -0.2) is 96.7 Å². The number of unbranched alkanes of at least 4 members (excludes halogenated alkanes) is 32. The number of esters is 4. The summed E-state index contributed by atoms with van der Waals surface area (Å²) in [6.07, 6.45) is 76.7. The Morgan fingerprint density at radius 1 is 0.290 bits per heavy atom. The fourth-order valence-corrected chi connectivity index (χ4v) is 12.1. The van der Waals surface area contributed by atoms with E-state index >= 15 is 0 Å². The maximum atomic E-state index is 13.1. The van der Waals surface area contributed by atoms with Crippen molar-refractivity contribution < 1.29 is 80.2 Å². The Balaban J connectivity index is 5.33. The average molecular weight is 1450 g/mol. The summed E-state index contributed by atoms with van der Waals surface area (Å²) in [7, 11) is -9.96. The second-order valence-electron chi connectivity index (χ2n) is 26.3. The summed E-state index contributed by atoms with van der Waals surface area (Å²) in [4.78, 5) is 72.9. The van der Waals surface area contributed by atoms with E-state index in [0.717, 1.165) is 186 Å². The number of carbonyl (C=O) groups excluding carboxylic acids is 4. The fraction of sp³-hybridized carbons (Fsp3) is 0.753. The lowest BCUT2D eigenvalue weighted by Crippen LogP contribution is -2.30. The summed E-state index contributed by atoms with van der Waals surface area (Å²) in [5, 5.41) is 10.6. The first-order valence-corrected chi connectivity index (χ1v) is 42.5. The van der Waals surface area contributed by atoms with Crippen LogP contribution < -0.4 is 0 Å². The molecular formula is C81H142O17P2. The molecule has 0 saturated heterocycles. The quantitative estimate of drug-likeness (QED) is 0.0169. The maximum absolute atomic E-state index is 13.1. The number of rotatable bonds is 74. The summed E-state index contributed by atoms with van der Waals surface area (Å²) in [6, 6.07) is 0. The third-order valence-electron chi connectivity index (χ3n) is 16.5. The number of phosphoric acid groups is 2. The summed E-state index contributed by atoms with van der Waals surface area (Å²) in [5.74, 6) is -2.20. The molecule has 0 radical (unpaired) electrons. The third kappa shape index (κ3) is 72.3. The first-order chi connectivity index (χ1) is 48.7. The number of hydrogen-bond donors (Lipinski definition) is 3. The molecule has 0 rings (SSSR count). The van der Waals surface area contributed by atoms with E-state index in [4.69, 9.17) is 37.0 Å². The molecule has 100 heavy (non-hydrogen) atoms. The first kappa shape index (κ1) is 96.0. The van der Waals surface area contributed by atoms with Crippen LogP contribution >= 0.6 is 15.6 Å². The van der Waals surface area contributed by atoms with Crippen LogP contribution in [-0.2, 0) is 65.4 Å². The average Bonchev–Trinajstić information content (AvgIpc) is 0.935. The van der Waals surface area contributed by atoms with Gasteiger partial charge in [0.05, 0.1) is 26.4 Å². The number of aliphatic hydroxyl groups is 1. The Morgan fingerprint density at radius 3 is 0.840 bits per heavy atom. The van der Waals surface area contributed by atoms with Gasteiger partial charge in [-0.25, -0.2) is 9.13 Å². The van der Waals surface area contributed by atoms with Gasteiger partial charge in [0.2, 0.25) is 0 Å². The van der Waals surface area contributed by atoms with Gasteiger partial charge in [0.15, 0.2) is 12.2 Å². The van der Waals surface area contributed by atoms with Gasteiger partial charge in [-0.15, -0.1) is 0 Å². The normalized spacial score (nSPS) is 14.4. The van der Waals surface area contributed by atoms with Crippen LogP contribution in [0, 0.1) is 0 Å². The van der Waals surface area contributed by atoms with Crippen LogP contribution in [0.25, 0.3) is 0 Å². The highest BCUT2D eigenvalue weighted by Gasteiger charge is 2.30. The van der Waals surface area contributed by atoms with Crippen molar-refractivity contribution in [2.45, 2.75) is 354 Å². The van der Waals surface area contributed by atoms with Crippen LogP contribution in [0.4, 0.5) is 0 Å². The molecule has 0 heterocycles. The Labute approximate surface area is 607 Å². The van der Waals surface area contributed by atoms with Crippen molar-refractivity contribution in [2.75, 3.05) is 39.6 Å². The van der Waals surface area contributed by atoms with Crippen molar-refractivity contribution in [3.63, 3.8) is 0 Å². The van der Waals surface area contributed by atoms with E-state index in [9.17, 15) is 43.2 Å². The van der Waals surface area contributed by atoms with Gasteiger partial charge in [-0.05, 0) is 116 Å². The summed E-state index contributed by atoms with van der Waals surface area (Å²) in [6.45, 7) is 4.62. The number of hydrogen-bond acceptors (Lipinski definition) is 15. The molecule has 5 atom stereocenters.